The predicted octanol–water partition coefficient (Wildman–Crippen LogP) is 4.31. The van der Waals surface area contributed by atoms with Crippen molar-refractivity contribution in [3.05, 3.63) is 71.4 Å². The number of carbonyl (C=O) groups is 2. The number of hydrogen-bond acceptors (Lipinski definition) is 6. The third kappa shape index (κ3) is 4.64. The van der Waals surface area contributed by atoms with Crippen molar-refractivity contribution in [1.82, 2.24) is 9.47 Å². The predicted molar refractivity (Wildman–Crippen MR) is 127 cm³/mol. The fraction of sp³-hybridized carbons (Fsp3) is 0.385. The average Bonchev–Trinajstić information content (AvgIpc) is 3.18. The normalized spacial score (nSPS) is 18.9. The van der Waals surface area contributed by atoms with Crippen LogP contribution in [-0.2, 0) is 25.6 Å². The summed E-state index contributed by atoms with van der Waals surface area (Å²) in [6, 6.07) is 16.8. The first-order valence-electron chi connectivity index (χ1n) is 11.3. The number of ether oxygens (including phenoxy) is 4. The van der Waals surface area contributed by atoms with Gasteiger partial charge in [0.15, 0.2) is 6.29 Å². The Morgan fingerprint density at radius 1 is 1.09 bits per heavy atom. The van der Waals surface area contributed by atoms with Gasteiger partial charge in [-0.3, -0.25) is 0 Å². The molecule has 1 fully saturated rings. The lowest BCUT2D eigenvalue weighted by atomic mass is 10.1. The quantitative estimate of drug-likeness (QED) is 0.504. The lowest BCUT2D eigenvalue weighted by Crippen LogP contribution is -2.49. The number of hydrogen-bond donors (Lipinski definition) is 0. The van der Waals surface area contributed by atoms with Crippen LogP contribution in [0.2, 0.25) is 0 Å². The molecular weight excluding hydrogens is 436 g/mol. The van der Waals surface area contributed by atoms with Crippen LogP contribution in [0, 0.1) is 6.92 Å². The number of aromatic nitrogens is 1. The van der Waals surface area contributed by atoms with Crippen molar-refractivity contribution in [2.75, 3.05) is 27.4 Å². The van der Waals surface area contributed by atoms with Crippen LogP contribution in [0.5, 0.6) is 0 Å². The van der Waals surface area contributed by atoms with Gasteiger partial charge in [0.1, 0.15) is 6.61 Å². The number of benzene rings is 2. The van der Waals surface area contributed by atoms with Gasteiger partial charge in [-0.25, -0.2) is 9.59 Å². The number of methoxy groups -OCH3 is 1. The van der Waals surface area contributed by atoms with Crippen molar-refractivity contribution < 1.29 is 28.5 Å². The summed E-state index contributed by atoms with van der Waals surface area (Å²) < 4.78 is 24.5. The topological polar surface area (TPSA) is 79.2 Å². The van der Waals surface area contributed by atoms with E-state index in [4.69, 9.17) is 18.9 Å². The highest BCUT2D eigenvalue weighted by molar-refractivity contribution is 6.05. The molecule has 1 aromatic heterocycles. The summed E-state index contributed by atoms with van der Waals surface area (Å²) >= 11 is 0. The summed E-state index contributed by atoms with van der Waals surface area (Å²) in [4.78, 5) is 26.4. The van der Waals surface area contributed by atoms with Crippen molar-refractivity contribution in [2.24, 2.45) is 0 Å². The molecule has 1 aliphatic heterocycles. The van der Waals surface area contributed by atoms with Crippen molar-refractivity contribution >= 4 is 23.0 Å². The molecule has 0 N–H and O–H groups in total. The lowest BCUT2D eigenvalue weighted by Gasteiger charge is -2.37. The van der Waals surface area contributed by atoms with Gasteiger partial charge in [-0.2, -0.15) is 0 Å². The molecule has 8 heteroatoms. The zero-order chi connectivity index (χ0) is 24.2. The van der Waals surface area contributed by atoms with Gasteiger partial charge in [-0.15, -0.1) is 0 Å². The third-order valence-electron chi connectivity index (χ3n) is 6.29. The van der Waals surface area contributed by atoms with E-state index in [-0.39, 0.29) is 24.7 Å². The van der Waals surface area contributed by atoms with Gasteiger partial charge in [-0.1, -0.05) is 48.5 Å². The number of esters is 1. The van der Waals surface area contributed by atoms with Gasteiger partial charge >= 0.3 is 12.1 Å². The van der Waals surface area contributed by atoms with E-state index >= 15 is 0 Å². The van der Waals surface area contributed by atoms with Gasteiger partial charge in [-0.05, 0) is 25.5 Å². The standard InChI is InChI=1S/C26H30N2O6/c1-17-23(24(29)31-4)21-12-8-9-13-22(21)28(17)18(2)25-32-15-20(16-33-25)27(3)26(30)34-14-19-10-6-5-7-11-19/h5-13,18,20,25H,14-16H2,1-4H3/t18-,20?,25?/m1/s1. The molecule has 2 heterocycles. The van der Waals surface area contributed by atoms with Crippen LogP contribution < -0.4 is 0 Å². The van der Waals surface area contributed by atoms with Crippen LogP contribution in [0.15, 0.2) is 54.6 Å². The number of nitrogens with zero attached hydrogens (tertiary/aromatic N) is 2. The molecule has 0 bridgehead atoms. The Morgan fingerprint density at radius 2 is 1.74 bits per heavy atom. The van der Waals surface area contributed by atoms with Gasteiger partial charge in [0.2, 0.25) is 0 Å². The molecule has 180 valence electrons. The third-order valence-corrected chi connectivity index (χ3v) is 6.29. The van der Waals surface area contributed by atoms with E-state index in [1.165, 1.54) is 12.0 Å². The second-order valence-corrected chi connectivity index (χ2v) is 8.42. The number of fused-ring (bicyclic) bond motifs is 1. The SMILES string of the molecule is COC(=O)c1c(C)n([C@H](C)C2OCC(N(C)C(=O)OCc3ccccc3)CO2)c2ccccc12. The van der Waals surface area contributed by atoms with Gasteiger partial charge in [0.05, 0.1) is 38.0 Å². The van der Waals surface area contributed by atoms with E-state index in [0.29, 0.717) is 18.8 Å². The maximum atomic E-state index is 12.5. The first-order valence-corrected chi connectivity index (χ1v) is 11.3. The number of carbonyl (C=O) groups excluding carboxylic acids is 2. The fourth-order valence-corrected chi connectivity index (χ4v) is 4.38. The maximum absolute atomic E-state index is 12.5. The Kier molecular flexibility index (Phi) is 7.19. The van der Waals surface area contributed by atoms with E-state index < -0.39 is 12.4 Å². The van der Waals surface area contributed by atoms with Crippen LogP contribution in [0.1, 0.15) is 34.6 Å². The highest BCUT2D eigenvalue weighted by Gasteiger charge is 2.34. The van der Waals surface area contributed by atoms with Crippen LogP contribution in [0.4, 0.5) is 4.79 Å². The fourth-order valence-electron chi connectivity index (χ4n) is 4.38. The highest BCUT2D eigenvalue weighted by atomic mass is 16.7. The van der Waals surface area contributed by atoms with Crippen LogP contribution in [0.3, 0.4) is 0 Å². The molecule has 2 aromatic carbocycles. The van der Waals surface area contributed by atoms with Crippen molar-refractivity contribution in [1.29, 1.82) is 0 Å². The number of para-hydroxylation sites is 1. The molecule has 4 rings (SSSR count). The number of amides is 1. The molecular formula is C26H30N2O6. The molecule has 0 unspecified atom stereocenters. The molecule has 0 saturated carbocycles. The zero-order valence-corrected chi connectivity index (χ0v) is 19.9. The van der Waals surface area contributed by atoms with Crippen LogP contribution in [-0.4, -0.2) is 61.2 Å². The van der Waals surface area contributed by atoms with Crippen molar-refractivity contribution in [2.45, 2.75) is 38.8 Å². The molecule has 1 aliphatic rings. The molecule has 0 aliphatic carbocycles. The van der Waals surface area contributed by atoms with E-state index in [9.17, 15) is 9.59 Å². The average molecular weight is 467 g/mol. The summed E-state index contributed by atoms with van der Waals surface area (Å²) in [6.45, 7) is 4.72. The summed E-state index contributed by atoms with van der Waals surface area (Å²) in [5.41, 5.74) is 3.16. The lowest BCUT2D eigenvalue weighted by molar-refractivity contribution is -0.217. The van der Waals surface area contributed by atoms with E-state index in [0.717, 1.165) is 22.2 Å². The summed E-state index contributed by atoms with van der Waals surface area (Å²) in [5.74, 6) is -0.374. The van der Waals surface area contributed by atoms with Gasteiger partial charge in [0, 0.05) is 23.6 Å². The molecule has 3 aromatic rings. The van der Waals surface area contributed by atoms with Gasteiger partial charge < -0.3 is 28.4 Å². The number of likely N-dealkylation sites (N-methyl/N-ethyl adjacent to an activating group) is 1. The first kappa shape index (κ1) is 23.8. The number of rotatable bonds is 6. The highest BCUT2D eigenvalue weighted by Crippen LogP contribution is 2.32. The molecule has 1 atom stereocenters. The summed E-state index contributed by atoms with van der Waals surface area (Å²) in [7, 11) is 3.06. The maximum Gasteiger partial charge on any atom is 0.410 e. The molecule has 1 saturated heterocycles. The Balaban J connectivity index is 1.41. The molecule has 1 amide bonds. The Bertz CT molecular complexity index is 1150. The minimum atomic E-state index is -0.537. The Labute approximate surface area is 198 Å². The zero-order valence-electron chi connectivity index (χ0n) is 19.9. The smallest absolute Gasteiger partial charge is 0.410 e. The molecule has 0 spiro atoms. The second kappa shape index (κ2) is 10.3. The summed E-state index contributed by atoms with van der Waals surface area (Å²) in [6.07, 6.45) is -0.965. The monoisotopic (exact) mass is 466 g/mol. The van der Waals surface area contributed by atoms with E-state index in [1.807, 2.05) is 73.0 Å². The summed E-state index contributed by atoms with van der Waals surface area (Å²) in [5, 5.41) is 0.827. The Hall–Kier alpha value is -3.36. The minimum absolute atomic E-state index is 0.209. The van der Waals surface area contributed by atoms with Crippen molar-refractivity contribution in [3.8, 4) is 0 Å². The minimum Gasteiger partial charge on any atom is -0.465 e. The van der Waals surface area contributed by atoms with Gasteiger partial charge in [0.25, 0.3) is 0 Å². The van der Waals surface area contributed by atoms with Crippen LogP contribution in [0.25, 0.3) is 10.9 Å². The largest absolute Gasteiger partial charge is 0.465 e. The van der Waals surface area contributed by atoms with E-state index in [2.05, 4.69) is 0 Å². The second-order valence-electron chi connectivity index (χ2n) is 8.42. The first-order chi connectivity index (χ1) is 16.4. The molecule has 0 radical (unpaired) electrons. The molecule has 8 nitrogen and oxygen atoms in total. The van der Waals surface area contributed by atoms with Crippen LogP contribution >= 0.6 is 0 Å². The van der Waals surface area contributed by atoms with Crippen molar-refractivity contribution in [3.63, 3.8) is 0 Å². The molecule has 34 heavy (non-hydrogen) atoms. The Morgan fingerprint density at radius 3 is 2.41 bits per heavy atom. The van der Waals surface area contributed by atoms with E-state index in [1.54, 1.807) is 7.05 Å².